The minimum Gasteiger partial charge on any atom is -0.380 e. The van der Waals surface area contributed by atoms with Gasteiger partial charge in [0, 0.05) is 18.7 Å². The van der Waals surface area contributed by atoms with Gasteiger partial charge >= 0.3 is 0 Å². The van der Waals surface area contributed by atoms with E-state index in [0.29, 0.717) is 18.6 Å². The van der Waals surface area contributed by atoms with Crippen LogP contribution < -0.4 is 0 Å². The average Bonchev–Trinajstić information content (AvgIpc) is 2.80. The Hall–Kier alpha value is -0.590. The first-order valence-corrected chi connectivity index (χ1v) is 6.12. The molecule has 1 atom stereocenters. The molecule has 3 nitrogen and oxygen atoms in total. The Balaban J connectivity index is 1.94. The molecule has 1 aliphatic heterocycles. The van der Waals surface area contributed by atoms with Gasteiger partial charge < -0.3 is 4.74 Å². The van der Waals surface area contributed by atoms with Gasteiger partial charge in [-0.2, -0.15) is 5.26 Å². The van der Waals surface area contributed by atoms with E-state index in [-0.39, 0.29) is 0 Å². The van der Waals surface area contributed by atoms with Crippen molar-refractivity contribution in [2.75, 3.05) is 19.8 Å². The fraction of sp³-hybridized carbons (Fsp3) is 0.917. The molecular weight excluding hydrogens is 188 g/mol. The molecule has 1 unspecified atom stereocenters. The van der Waals surface area contributed by atoms with Gasteiger partial charge in [-0.3, -0.25) is 4.90 Å². The Kier molecular flexibility index (Phi) is 3.99. The number of ether oxygens (including phenoxy) is 1. The van der Waals surface area contributed by atoms with Gasteiger partial charge in [-0.05, 0) is 25.7 Å². The molecule has 0 aromatic rings. The molecule has 1 heterocycles. The van der Waals surface area contributed by atoms with Gasteiger partial charge in [-0.15, -0.1) is 0 Å². The number of hydrogen-bond acceptors (Lipinski definition) is 3. The zero-order valence-corrected chi connectivity index (χ0v) is 9.32. The fourth-order valence-corrected chi connectivity index (χ4v) is 2.86. The van der Waals surface area contributed by atoms with Crippen LogP contribution in [-0.4, -0.2) is 36.7 Å². The minimum absolute atomic E-state index is 0.501. The number of nitriles is 1. The second-order valence-corrected chi connectivity index (χ2v) is 4.64. The van der Waals surface area contributed by atoms with Crippen LogP contribution in [0, 0.1) is 11.3 Å². The topological polar surface area (TPSA) is 36.3 Å². The quantitative estimate of drug-likeness (QED) is 0.665. The standard InChI is InChI=1S/C12H20N2O/c13-7-8-14(11-4-1-2-5-11)12-6-3-9-15-10-12/h11-12H,1-6,8-10H2. The Bertz CT molecular complexity index is 224. The van der Waals surface area contributed by atoms with E-state index in [2.05, 4.69) is 11.0 Å². The highest BCUT2D eigenvalue weighted by Gasteiger charge is 2.29. The molecule has 0 aromatic carbocycles. The molecule has 0 spiro atoms. The van der Waals surface area contributed by atoms with Crippen LogP contribution in [0.1, 0.15) is 38.5 Å². The van der Waals surface area contributed by atoms with Crippen molar-refractivity contribution in [3.05, 3.63) is 0 Å². The van der Waals surface area contributed by atoms with E-state index in [9.17, 15) is 0 Å². The molecule has 1 aliphatic carbocycles. The maximum Gasteiger partial charge on any atom is 0.0871 e. The summed E-state index contributed by atoms with van der Waals surface area (Å²) < 4.78 is 5.52. The lowest BCUT2D eigenvalue weighted by Crippen LogP contribution is -2.46. The van der Waals surface area contributed by atoms with Gasteiger partial charge in [0.1, 0.15) is 0 Å². The molecular formula is C12H20N2O. The Morgan fingerprint density at radius 1 is 1.13 bits per heavy atom. The zero-order valence-electron chi connectivity index (χ0n) is 9.32. The molecule has 1 saturated heterocycles. The molecule has 0 radical (unpaired) electrons. The number of rotatable bonds is 3. The summed E-state index contributed by atoms with van der Waals surface area (Å²) in [5.74, 6) is 0. The first-order chi connectivity index (χ1) is 7.42. The van der Waals surface area contributed by atoms with E-state index in [1.165, 1.54) is 32.1 Å². The van der Waals surface area contributed by atoms with Crippen LogP contribution in [0.5, 0.6) is 0 Å². The fourth-order valence-electron chi connectivity index (χ4n) is 2.86. The van der Waals surface area contributed by atoms with E-state index in [1.54, 1.807) is 0 Å². The highest BCUT2D eigenvalue weighted by atomic mass is 16.5. The van der Waals surface area contributed by atoms with E-state index in [4.69, 9.17) is 10.00 Å². The first kappa shape index (κ1) is 10.9. The summed E-state index contributed by atoms with van der Waals surface area (Å²) in [4.78, 5) is 2.40. The third-order valence-electron chi connectivity index (χ3n) is 3.65. The summed E-state index contributed by atoms with van der Waals surface area (Å²) >= 11 is 0. The first-order valence-electron chi connectivity index (χ1n) is 6.12. The summed E-state index contributed by atoms with van der Waals surface area (Å²) in [5.41, 5.74) is 0. The van der Waals surface area contributed by atoms with E-state index >= 15 is 0 Å². The van der Waals surface area contributed by atoms with Gasteiger partial charge in [0.25, 0.3) is 0 Å². The smallest absolute Gasteiger partial charge is 0.0871 e. The lowest BCUT2D eigenvalue weighted by Gasteiger charge is -2.36. The number of hydrogen-bond donors (Lipinski definition) is 0. The average molecular weight is 208 g/mol. The van der Waals surface area contributed by atoms with Crippen LogP contribution in [0.2, 0.25) is 0 Å². The van der Waals surface area contributed by atoms with E-state index in [0.717, 1.165) is 19.6 Å². The van der Waals surface area contributed by atoms with Crippen molar-refractivity contribution in [3.8, 4) is 6.07 Å². The Morgan fingerprint density at radius 3 is 2.47 bits per heavy atom. The molecule has 2 aliphatic rings. The van der Waals surface area contributed by atoms with Crippen molar-refractivity contribution < 1.29 is 4.74 Å². The Labute approximate surface area is 92.0 Å². The van der Waals surface area contributed by atoms with Crippen LogP contribution in [0.15, 0.2) is 0 Å². The molecule has 0 aromatic heterocycles. The summed E-state index contributed by atoms with van der Waals surface area (Å²) in [6.07, 6.45) is 7.58. The largest absolute Gasteiger partial charge is 0.380 e. The SMILES string of the molecule is N#CCN(C1CCCC1)C1CCCOC1. The number of nitrogens with zero attached hydrogens (tertiary/aromatic N) is 2. The van der Waals surface area contributed by atoms with E-state index in [1.807, 2.05) is 0 Å². The van der Waals surface area contributed by atoms with Crippen LogP contribution in [0.3, 0.4) is 0 Å². The van der Waals surface area contributed by atoms with Crippen molar-refractivity contribution in [2.24, 2.45) is 0 Å². The molecule has 0 N–H and O–H groups in total. The molecule has 2 fully saturated rings. The van der Waals surface area contributed by atoms with Crippen LogP contribution in [0.25, 0.3) is 0 Å². The molecule has 3 heteroatoms. The third-order valence-corrected chi connectivity index (χ3v) is 3.65. The second-order valence-electron chi connectivity index (χ2n) is 4.64. The van der Waals surface area contributed by atoms with Gasteiger partial charge in [-0.1, -0.05) is 12.8 Å². The minimum atomic E-state index is 0.501. The van der Waals surface area contributed by atoms with Crippen molar-refractivity contribution in [3.63, 3.8) is 0 Å². The van der Waals surface area contributed by atoms with Gasteiger partial charge in [0.2, 0.25) is 0 Å². The van der Waals surface area contributed by atoms with Gasteiger partial charge in [0.05, 0.1) is 19.2 Å². The van der Waals surface area contributed by atoms with Crippen molar-refractivity contribution in [1.82, 2.24) is 4.90 Å². The molecule has 0 amide bonds. The lowest BCUT2D eigenvalue weighted by molar-refractivity contribution is 0.00695. The van der Waals surface area contributed by atoms with Crippen molar-refractivity contribution >= 4 is 0 Å². The normalized spacial score (nSPS) is 28.1. The predicted octanol–water partition coefficient (Wildman–Crippen LogP) is 1.93. The second kappa shape index (κ2) is 5.48. The van der Waals surface area contributed by atoms with Gasteiger partial charge in [0.15, 0.2) is 0 Å². The summed E-state index contributed by atoms with van der Waals surface area (Å²) in [7, 11) is 0. The summed E-state index contributed by atoms with van der Waals surface area (Å²) in [5, 5.41) is 8.90. The van der Waals surface area contributed by atoms with Crippen LogP contribution in [-0.2, 0) is 4.74 Å². The van der Waals surface area contributed by atoms with E-state index < -0.39 is 0 Å². The molecule has 2 rings (SSSR count). The van der Waals surface area contributed by atoms with Crippen molar-refractivity contribution in [1.29, 1.82) is 5.26 Å². The third kappa shape index (κ3) is 2.70. The zero-order chi connectivity index (χ0) is 10.5. The predicted molar refractivity (Wildman–Crippen MR) is 58.4 cm³/mol. The molecule has 84 valence electrons. The molecule has 1 saturated carbocycles. The van der Waals surface area contributed by atoms with Crippen LogP contribution in [0.4, 0.5) is 0 Å². The maximum absolute atomic E-state index is 8.90. The molecule has 0 bridgehead atoms. The molecule has 15 heavy (non-hydrogen) atoms. The summed E-state index contributed by atoms with van der Waals surface area (Å²) in [6, 6.07) is 3.46. The summed E-state index contributed by atoms with van der Waals surface area (Å²) in [6.45, 7) is 2.32. The van der Waals surface area contributed by atoms with Gasteiger partial charge in [-0.25, -0.2) is 0 Å². The van der Waals surface area contributed by atoms with Crippen LogP contribution >= 0.6 is 0 Å². The highest BCUT2D eigenvalue weighted by molar-refractivity contribution is 4.89. The maximum atomic E-state index is 8.90. The monoisotopic (exact) mass is 208 g/mol. The van der Waals surface area contributed by atoms with Crippen molar-refractivity contribution in [2.45, 2.75) is 50.6 Å². The highest BCUT2D eigenvalue weighted by Crippen LogP contribution is 2.27. The lowest BCUT2D eigenvalue weighted by atomic mass is 10.1. The Morgan fingerprint density at radius 2 is 1.87 bits per heavy atom.